The fraction of sp³-hybridized carbons (Fsp3) is 0.105. The van der Waals surface area contributed by atoms with E-state index in [9.17, 15) is 18.5 Å². The van der Waals surface area contributed by atoms with Gasteiger partial charge in [-0.25, -0.2) is 13.3 Å². The van der Waals surface area contributed by atoms with Crippen LogP contribution in [-0.2, 0) is 16.4 Å². The number of nitriles is 1. The second-order valence-electron chi connectivity index (χ2n) is 5.74. The molecule has 1 aliphatic carbocycles. The standard InChI is InChI=1S/C19H14N4O3S/c1-21-13-4-3-5-14(10-13)27(25,26)23-17-9-8-16(19(24)22-2)18-12(11-20)6-7-15(17)18/h3-6,8-10,23H,7H2,2H3,(H,22,24). The highest BCUT2D eigenvalue weighted by Gasteiger charge is 2.26. The maximum atomic E-state index is 12.7. The average Bonchev–Trinajstić information content (AvgIpc) is 3.12. The van der Waals surface area contributed by atoms with Crippen LogP contribution in [0.15, 0.2) is 47.4 Å². The third-order valence-electron chi connectivity index (χ3n) is 4.19. The number of anilines is 1. The number of hydrogen-bond donors (Lipinski definition) is 2. The van der Waals surface area contributed by atoms with E-state index in [2.05, 4.69) is 14.9 Å². The van der Waals surface area contributed by atoms with Crippen molar-refractivity contribution < 1.29 is 13.2 Å². The first-order valence-corrected chi connectivity index (χ1v) is 9.38. The topological polar surface area (TPSA) is 103 Å². The van der Waals surface area contributed by atoms with Gasteiger partial charge in [0.25, 0.3) is 15.9 Å². The molecular weight excluding hydrogens is 364 g/mol. The van der Waals surface area contributed by atoms with Crippen molar-refractivity contribution >= 4 is 32.9 Å². The Morgan fingerprint density at radius 3 is 2.74 bits per heavy atom. The molecule has 0 radical (unpaired) electrons. The minimum Gasteiger partial charge on any atom is -0.355 e. The van der Waals surface area contributed by atoms with Crippen molar-refractivity contribution in [3.05, 3.63) is 70.6 Å². The van der Waals surface area contributed by atoms with E-state index in [1.54, 1.807) is 6.08 Å². The van der Waals surface area contributed by atoms with Gasteiger partial charge in [0.05, 0.1) is 28.8 Å². The summed E-state index contributed by atoms with van der Waals surface area (Å²) in [5, 5.41) is 11.9. The summed E-state index contributed by atoms with van der Waals surface area (Å²) < 4.78 is 28.0. The Bertz CT molecular complexity index is 1170. The highest BCUT2D eigenvalue weighted by Crippen LogP contribution is 2.36. The summed E-state index contributed by atoms with van der Waals surface area (Å²) in [6, 6.07) is 10.7. The van der Waals surface area contributed by atoms with Crippen molar-refractivity contribution in [3.8, 4) is 6.07 Å². The molecule has 0 saturated heterocycles. The smallest absolute Gasteiger partial charge is 0.260 e. The molecule has 2 aromatic carbocycles. The fourth-order valence-corrected chi connectivity index (χ4v) is 4.05. The van der Waals surface area contributed by atoms with Crippen LogP contribution >= 0.6 is 0 Å². The Morgan fingerprint density at radius 1 is 1.30 bits per heavy atom. The van der Waals surface area contributed by atoms with Gasteiger partial charge in [0.1, 0.15) is 0 Å². The number of benzene rings is 2. The Kier molecular flexibility index (Phi) is 4.68. The molecule has 0 spiro atoms. The summed E-state index contributed by atoms with van der Waals surface area (Å²) in [4.78, 5) is 15.3. The molecule has 27 heavy (non-hydrogen) atoms. The van der Waals surface area contributed by atoms with E-state index in [1.165, 1.54) is 43.4 Å². The lowest BCUT2D eigenvalue weighted by atomic mass is 9.97. The van der Waals surface area contributed by atoms with Crippen molar-refractivity contribution in [1.82, 2.24) is 5.32 Å². The Labute approximate surface area is 156 Å². The normalized spacial score (nSPS) is 12.3. The van der Waals surface area contributed by atoms with Crippen molar-refractivity contribution in [2.75, 3.05) is 11.8 Å². The number of carbonyl (C=O) groups excluding carboxylic acids is 1. The predicted octanol–water partition coefficient (Wildman–Crippen LogP) is 2.86. The number of fused-ring (bicyclic) bond motifs is 1. The Morgan fingerprint density at radius 2 is 2.07 bits per heavy atom. The molecule has 2 aromatic rings. The number of rotatable bonds is 4. The number of allylic oxidation sites excluding steroid dienone is 2. The summed E-state index contributed by atoms with van der Waals surface area (Å²) in [5.74, 6) is -0.353. The van der Waals surface area contributed by atoms with E-state index in [-0.39, 0.29) is 16.5 Å². The van der Waals surface area contributed by atoms with Crippen molar-refractivity contribution in [3.63, 3.8) is 0 Å². The monoisotopic (exact) mass is 378 g/mol. The molecule has 0 heterocycles. The molecule has 0 atom stereocenters. The summed E-state index contributed by atoms with van der Waals surface area (Å²) in [6.45, 7) is 7.03. The number of carbonyl (C=O) groups is 1. The minimum absolute atomic E-state index is 0.0356. The first-order valence-electron chi connectivity index (χ1n) is 7.90. The molecule has 1 aliphatic rings. The summed E-state index contributed by atoms with van der Waals surface area (Å²) in [6.07, 6.45) is 2.00. The highest BCUT2D eigenvalue weighted by molar-refractivity contribution is 7.92. The molecule has 1 amide bonds. The molecule has 0 bridgehead atoms. The number of sulfonamides is 1. The van der Waals surface area contributed by atoms with Crippen LogP contribution in [0.4, 0.5) is 11.4 Å². The van der Waals surface area contributed by atoms with Crippen LogP contribution in [0, 0.1) is 17.9 Å². The third-order valence-corrected chi connectivity index (χ3v) is 5.55. The first kappa shape index (κ1) is 18.2. The predicted molar refractivity (Wildman–Crippen MR) is 101 cm³/mol. The minimum atomic E-state index is -3.93. The molecule has 0 saturated carbocycles. The lowest BCUT2D eigenvalue weighted by Crippen LogP contribution is -2.20. The van der Waals surface area contributed by atoms with Gasteiger partial charge in [-0.3, -0.25) is 9.52 Å². The largest absolute Gasteiger partial charge is 0.355 e. The molecule has 3 rings (SSSR count). The number of amides is 1. The molecule has 2 N–H and O–H groups in total. The van der Waals surface area contributed by atoms with E-state index in [0.717, 1.165) is 0 Å². The summed E-state index contributed by atoms with van der Waals surface area (Å²) >= 11 is 0. The third kappa shape index (κ3) is 3.26. The van der Waals surface area contributed by atoms with Gasteiger partial charge in [-0.15, -0.1) is 0 Å². The van der Waals surface area contributed by atoms with Crippen LogP contribution in [-0.4, -0.2) is 21.4 Å². The van der Waals surface area contributed by atoms with Crippen molar-refractivity contribution in [2.45, 2.75) is 11.3 Å². The van der Waals surface area contributed by atoms with Crippen LogP contribution in [0.25, 0.3) is 10.4 Å². The Hall–Kier alpha value is -3.62. The van der Waals surface area contributed by atoms with Gasteiger partial charge in [0.15, 0.2) is 5.69 Å². The maximum absolute atomic E-state index is 12.7. The highest BCUT2D eigenvalue weighted by atomic mass is 32.2. The van der Waals surface area contributed by atoms with Gasteiger partial charge < -0.3 is 5.32 Å². The SMILES string of the molecule is [C-]#[N+]c1cccc(S(=O)(=O)Nc2ccc(C(=O)NC)c3c2CC=C3C#N)c1. The van der Waals surface area contributed by atoms with Gasteiger partial charge >= 0.3 is 0 Å². The summed E-state index contributed by atoms with van der Waals surface area (Å²) in [5.41, 5.74) is 2.17. The van der Waals surface area contributed by atoms with Gasteiger partial charge in [0.2, 0.25) is 0 Å². The molecule has 0 aromatic heterocycles. The van der Waals surface area contributed by atoms with Crippen LogP contribution in [0.3, 0.4) is 0 Å². The van der Waals surface area contributed by atoms with Gasteiger partial charge in [0, 0.05) is 18.2 Å². The first-order chi connectivity index (χ1) is 12.9. The average molecular weight is 378 g/mol. The Balaban J connectivity index is 2.07. The molecule has 7 nitrogen and oxygen atoms in total. The maximum Gasteiger partial charge on any atom is 0.260 e. The van der Waals surface area contributed by atoms with E-state index in [1.807, 2.05) is 6.07 Å². The van der Waals surface area contributed by atoms with Crippen molar-refractivity contribution in [2.24, 2.45) is 0 Å². The lowest BCUT2D eigenvalue weighted by Gasteiger charge is -2.15. The molecule has 0 aliphatic heterocycles. The van der Waals surface area contributed by atoms with Crippen molar-refractivity contribution in [1.29, 1.82) is 5.26 Å². The van der Waals surface area contributed by atoms with E-state index < -0.39 is 10.0 Å². The lowest BCUT2D eigenvalue weighted by molar-refractivity contribution is 0.0963. The molecular formula is C19H14N4O3S. The van der Waals surface area contributed by atoms with Crippen LogP contribution in [0.2, 0.25) is 0 Å². The van der Waals surface area contributed by atoms with E-state index in [0.29, 0.717) is 34.4 Å². The molecule has 0 unspecified atom stereocenters. The van der Waals surface area contributed by atoms with Gasteiger partial charge in [-0.1, -0.05) is 18.2 Å². The van der Waals surface area contributed by atoms with Crippen LogP contribution in [0.1, 0.15) is 21.5 Å². The van der Waals surface area contributed by atoms with E-state index >= 15 is 0 Å². The summed E-state index contributed by atoms with van der Waals surface area (Å²) in [7, 11) is -2.44. The van der Waals surface area contributed by atoms with Crippen LogP contribution in [0.5, 0.6) is 0 Å². The number of nitrogens with zero attached hydrogens (tertiary/aromatic N) is 2. The zero-order chi connectivity index (χ0) is 19.6. The van der Waals surface area contributed by atoms with Gasteiger partial charge in [-0.05, 0) is 36.2 Å². The zero-order valence-electron chi connectivity index (χ0n) is 14.3. The second kappa shape index (κ2) is 6.94. The zero-order valence-corrected chi connectivity index (χ0v) is 15.1. The van der Waals surface area contributed by atoms with Gasteiger partial charge in [-0.2, -0.15) is 5.26 Å². The molecule has 0 fully saturated rings. The molecule has 8 heteroatoms. The van der Waals surface area contributed by atoms with Crippen LogP contribution < -0.4 is 10.0 Å². The number of hydrogen-bond acceptors (Lipinski definition) is 4. The quantitative estimate of drug-likeness (QED) is 0.798. The molecule has 134 valence electrons. The second-order valence-corrected chi connectivity index (χ2v) is 7.42. The number of nitrogens with one attached hydrogen (secondary N) is 2. The van der Waals surface area contributed by atoms with E-state index in [4.69, 9.17) is 6.57 Å². The fourth-order valence-electron chi connectivity index (χ4n) is 2.92.